The van der Waals surface area contributed by atoms with Crippen molar-refractivity contribution in [3.8, 4) is 0 Å². The molecular formula is C20H40S. The van der Waals surface area contributed by atoms with E-state index in [9.17, 15) is 0 Å². The Kier molecular flexibility index (Phi) is 18.2. The van der Waals surface area contributed by atoms with E-state index >= 15 is 0 Å². The van der Waals surface area contributed by atoms with Crippen molar-refractivity contribution >= 4 is 11.8 Å². The summed E-state index contributed by atoms with van der Waals surface area (Å²) in [6, 6.07) is 0. The number of rotatable bonds is 17. The molecule has 0 radical (unpaired) electrons. The lowest BCUT2D eigenvalue weighted by Crippen LogP contribution is -1.87. The molecule has 0 aromatic rings. The Labute approximate surface area is 139 Å². The van der Waals surface area contributed by atoms with Crippen LogP contribution in [0.2, 0.25) is 0 Å². The highest BCUT2D eigenvalue weighted by Crippen LogP contribution is 2.14. The third-order valence-corrected chi connectivity index (χ3v) is 5.17. The summed E-state index contributed by atoms with van der Waals surface area (Å²) in [5.41, 5.74) is 0. The normalized spacial score (nSPS) is 11.2. The molecule has 0 saturated heterocycles. The Morgan fingerprint density at radius 2 is 1.19 bits per heavy atom. The Balaban J connectivity index is 2.95. The van der Waals surface area contributed by atoms with Gasteiger partial charge in [-0.25, -0.2) is 0 Å². The number of hydrogen-bond acceptors (Lipinski definition) is 1. The Morgan fingerprint density at radius 3 is 1.71 bits per heavy atom. The van der Waals surface area contributed by atoms with Gasteiger partial charge in [0.2, 0.25) is 0 Å². The molecular weight excluding hydrogens is 272 g/mol. The van der Waals surface area contributed by atoms with E-state index in [4.69, 9.17) is 0 Å². The van der Waals surface area contributed by atoms with Crippen molar-refractivity contribution in [1.82, 2.24) is 0 Å². The second-order valence-corrected chi connectivity index (χ2v) is 7.99. The molecule has 0 aromatic heterocycles. The smallest absolute Gasteiger partial charge is 0.00646 e. The van der Waals surface area contributed by atoms with Crippen LogP contribution in [0.25, 0.3) is 0 Å². The summed E-state index contributed by atoms with van der Waals surface area (Å²) >= 11 is 2.13. The van der Waals surface area contributed by atoms with Crippen molar-refractivity contribution in [2.45, 2.75) is 97.3 Å². The van der Waals surface area contributed by atoms with Gasteiger partial charge in [0.05, 0.1) is 0 Å². The van der Waals surface area contributed by atoms with E-state index in [1.54, 1.807) is 0 Å². The molecule has 126 valence electrons. The van der Waals surface area contributed by atoms with Crippen molar-refractivity contribution in [3.05, 3.63) is 12.7 Å². The summed E-state index contributed by atoms with van der Waals surface area (Å²) in [5, 5.41) is 0. The predicted molar refractivity (Wildman–Crippen MR) is 102 cm³/mol. The molecule has 0 aliphatic rings. The minimum atomic E-state index is 0.894. The molecule has 1 heteroatoms. The Hall–Kier alpha value is 0.0900. The van der Waals surface area contributed by atoms with Gasteiger partial charge in [-0.3, -0.25) is 0 Å². The van der Waals surface area contributed by atoms with Crippen LogP contribution in [0.3, 0.4) is 0 Å². The highest BCUT2D eigenvalue weighted by atomic mass is 32.2. The van der Waals surface area contributed by atoms with E-state index < -0.39 is 0 Å². The second kappa shape index (κ2) is 18.1. The summed E-state index contributed by atoms with van der Waals surface area (Å²) in [4.78, 5) is 0. The lowest BCUT2D eigenvalue weighted by Gasteiger charge is -2.05. The molecule has 0 rings (SSSR count). The monoisotopic (exact) mass is 312 g/mol. The van der Waals surface area contributed by atoms with E-state index in [-0.39, 0.29) is 0 Å². The van der Waals surface area contributed by atoms with Crippen LogP contribution in [0.1, 0.15) is 97.3 Å². The van der Waals surface area contributed by atoms with Gasteiger partial charge in [-0.1, -0.05) is 84.1 Å². The van der Waals surface area contributed by atoms with Gasteiger partial charge in [-0.15, -0.1) is 6.58 Å². The summed E-state index contributed by atoms with van der Waals surface area (Å²) in [6.07, 6.45) is 20.5. The fraction of sp³-hybridized carbons (Fsp3) is 0.900. The van der Waals surface area contributed by atoms with Crippen molar-refractivity contribution < 1.29 is 0 Å². The average Bonchev–Trinajstić information content (AvgIpc) is 2.46. The molecule has 0 N–H and O–H groups in total. The molecule has 0 saturated carbocycles. The minimum absolute atomic E-state index is 0.894. The second-order valence-electron chi connectivity index (χ2n) is 6.76. The van der Waals surface area contributed by atoms with Crippen LogP contribution in [0, 0.1) is 5.92 Å². The maximum Gasteiger partial charge on any atom is -0.00646 e. The van der Waals surface area contributed by atoms with Gasteiger partial charge in [0.15, 0.2) is 0 Å². The minimum Gasteiger partial charge on any atom is -0.162 e. The van der Waals surface area contributed by atoms with E-state index in [2.05, 4.69) is 32.2 Å². The highest BCUT2D eigenvalue weighted by Gasteiger charge is 1.96. The molecule has 0 aromatic carbocycles. The fourth-order valence-corrected chi connectivity index (χ4v) is 3.59. The molecule has 0 atom stereocenters. The fourth-order valence-electron chi connectivity index (χ4n) is 2.60. The van der Waals surface area contributed by atoms with E-state index in [0.717, 1.165) is 5.92 Å². The summed E-state index contributed by atoms with van der Waals surface area (Å²) in [6.45, 7) is 8.43. The SMILES string of the molecule is C=CCCCSCCCCCCCCCCCCC(C)C. The molecule has 0 heterocycles. The van der Waals surface area contributed by atoms with Crippen LogP contribution in [0.5, 0.6) is 0 Å². The number of allylic oxidation sites excluding steroid dienone is 1. The molecule has 0 spiro atoms. The van der Waals surface area contributed by atoms with Gasteiger partial charge in [-0.05, 0) is 36.7 Å². The first-order valence-electron chi connectivity index (χ1n) is 9.46. The third-order valence-electron chi connectivity index (χ3n) is 4.02. The van der Waals surface area contributed by atoms with Crippen LogP contribution in [-0.4, -0.2) is 11.5 Å². The lowest BCUT2D eigenvalue weighted by atomic mass is 10.0. The molecule has 0 nitrogen and oxygen atoms in total. The van der Waals surface area contributed by atoms with Gasteiger partial charge in [0.25, 0.3) is 0 Å². The van der Waals surface area contributed by atoms with Crippen molar-refractivity contribution in [1.29, 1.82) is 0 Å². The summed E-state index contributed by atoms with van der Waals surface area (Å²) in [5.74, 6) is 3.58. The summed E-state index contributed by atoms with van der Waals surface area (Å²) in [7, 11) is 0. The molecule has 0 aliphatic heterocycles. The molecule has 0 unspecified atom stereocenters. The molecule has 0 fully saturated rings. The zero-order valence-electron chi connectivity index (χ0n) is 14.9. The van der Waals surface area contributed by atoms with E-state index in [1.807, 2.05) is 6.08 Å². The standard InChI is InChI=1S/C20H40S/c1-4-5-15-18-21-19-16-13-11-9-7-6-8-10-12-14-17-20(2)3/h4,20H,1,5-19H2,2-3H3. The molecule has 0 amide bonds. The Morgan fingerprint density at radius 1 is 0.714 bits per heavy atom. The third kappa shape index (κ3) is 20.1. The highest BCUT2D eigenvalue weighted by molar-refractivity contribution is 7.99. The van der Waals surface area contributed by atoms with Crippen molar-refractivity contribution in [2.24, 2.45) is 5.92 Å². The zero-order chi connectivity index (χ0) is 15.6. The topological polar surface area (TPSA) is 0 Å². The lowest BCUT2D eigenvalue weighted by molar-refractivity contribution is 0.505. The molecule has 0 aliphatic carbocycles. The molecule has 0 bridgehead atoms. The van der Waals surface area contributed by atoms with Crippen LogP contribution in [0.4, 0.5) is 0 Å². The molecule has 21 heavy (non-hydrogen) atoms. The van der Waals surface area contributed by atoms with Gasteiger partial charge in [0, 0.05) is 0 Å². The first-order chi connectivity index (χ1) is 10.3. The predicted octanol–water partition coefficient (Wildman–Crippen LogP) is 7.63. The zero-order valence-corrected chi connectivity index (χ0v) is 15.7. The van der Waals surface area contributed by atoms with Crippen LogP contribution < -0.4 is 0 Å². The van der Waals surface area contributed by atoms with Gasteiger partial charge in [-0.2, -0.15) is 11.8 Å². The van der Waals surface area contributed by atoms with Crippen molar-refractivity contribution in [2.75, 3.05) is 11.5 Å². The maximum atomic E-state index is 3.76. The maximum absolute atomic E-state index is 3.76. The van der Waals surface area contributed by atoms with Gasteiger partial charge in [0.1, 0.15) is 0 Å². The van der Waals surface area contributed by atoms with Crippen LogP contribution in [-0.2, 0) is 0 Å². The van der Waals surface area contributed by atoms with E-state index in [0.29, 0.717) is 0 Å². The Bertz CT molecular complexity index is 198. The first-order valence-corrected chi connectivity index (χ1v) is 10.6. The van der Waals surface area contributed by atoms with Crippen LogP contribution >= 0.6 is 11.8 Å². The van der Waals surface area contributed by atoms with Gasteiger partial charge < -0.3 is 0 Å². The largest absolute Gasteiger partial charge is 0.162 e. The average molecular weight is 313 g/mol. The van der Waals surface area contributed by atoms with E-state index in [1.165, 1.54) is 95.0 Å². The number of unbranched alkanes of at least 4 members (excludes halogenated alkanes) is 10. The summed E-state index contributed by atoms with van der Waals surface area (Å²) < 4.78 is 0. The number of hydrogen-bond donors (Lipinski definition) is 0. The van der Waals surface area contributed by atoms with Gasteiger partial charge >= 0.3 is 0 Å². The first kappa shape index (κ1) is 21.1. The van der Waals surface area contributed by atoms with Crippen LogP contribution in [0.15, 0.2) is 12.7 Å². The van der Waals surface area contributed by atoms with Crippen molar-refractivity contribution in [3.63, 3.8) is 0 Å². The quantitative estimate of drug-likeness (QED) is 0.196. The number of thioether (sulfide) groups is 1.